The van der Waals surface area contributed by atoms with Crippen LogP contribution in [0.25, 0.3) is 0 Å². The molecule has 1 N–H and O–H groups in total. The number of hydrogen-bond acceptors (Lipinski definition) is 3. The molecule has 2 rings (SSSR count). The van der Waals surface area contributed by atoms with E-state index in [-0.39, 0.29) is 5.82 Å². The van der Waals surface area contributed by atoms with E-state index in [2.05, 4.69) is 10.3 Å². The average molecular weight is 339 g/mol. The Morgan fingerprint density at radius 3 is 2.82 bits per heavy atom. The van der Waals surface area contributed by atoms with Crippen molar-refractivity contribution in [3.8, 4) is 6.07 Å². The molecule has 17 heavy (non-hydrogen) atoms. The third-order valence-corrected chi connectivity index (χ3v) is 3.01. The first-order chi connectivity index (χ1) is 8.20. The molecular weight excluding hydrogens is 332 g/mol. The van der Waals surface area contributed by atoms with E-state index in [1.54, 1.807) is 24.4 Å². The summed E-state index contributed by atoms with van der Waals surface area (Å²) in [6.07, 6.45) is 1.55. The third-order valence-electron chi connectivity index (χ3n) is 2.11. The number of pyridine rings is 1. The largest absolute Gasteiger partial charge is 0.352 e. The Morgan fingerprint density at radius 1 is 1.29 bits per heavy atom. The molecule has 0 fully saturated rings. The van der Waals surface area contributed by atoms with Gasteiger partial charge < -0.3 is 5.32 Å². The summed E-state index contributed by atoms with van der Waals surface area (Å²) in [5.41, 5.74) is 1.67. The molecule has 0 saturated heterocycles. The molecule has 0 aliphatic carbocycles. The van der Waals surface area contributed by atoms with E-state index in [1.165, 1.54) is 12.1 Å². The topological polar surface area (TPSA) is 48.7 Å². The Bertz CT molecular complexity index is 593. The van der Waals surface area contributed by atoms with Gasteiger partial charge in [0.1, 0.15) is 11.9 Å². The van der Waals surface area contributed by atoms with Gasteiger partial charge in [-0.15, -0.1) is 0 Å². The molecule has 0 spiro atoms. The summed E-state index contributed by atoms with van der Waals surface area (Å²) >= 11 is 2.03. The third kappa shape index (κ3) is 2.71. The summed E-state index contributed by atoms with van der Waals surface area (Å²) in [6.45, 7) is 0. The quantitative estimate of drug-likeness (QED) is 0.853. The van der Waals surface area contributed by atoms with Crippen LogP contribution in [-0.4, -0.2) is 4.98 Å². The first-order valence-electron chi connectivity index (χ1n) is 4.78. The highest BCUT2D eigenvalue weighted by Crippen LogP contribution is 2.24. The predicted molar refractivity (Wildman–Crippen MR) is 71.4 cm³/mol. The molecule has 5 heteroatoms. The van der Waals surface area contributed by atoms with Crippen molar-refractivity contribution in [2.24, 2.45) is 0 Å². The Kier molecular flexibility index (Phi) is 3.54. The molecule has 0 aliphatic heterocycles. The first-order valence-corrected chi connectivity index (χ1v) is 5.86. The minimum atomic E-state index is -0.286. The van der Waals surface area contributed by atoms with Gasteiger partial charge in [0.2, 0.25) is 0 Å². The van der Waals surface area contributed by atoms with Crippen molar-refractivity contribution in [3.05, 3.63) is 51.6 Å². The van der Waals surface area contributed by atoms with Crippen LogP contribution in [0.4, 0.5) is 15.8 Å². The second-order valence-corrected chi connectivity index (χ2v) is 4.42. The second kappa shape index (κ2) is 5.10. The Labute approximate surface area is 111 Å². The molecule has 0 radical (unpaired) electrons. The maximum Gasteiger partial charge on any atom is 0.163 e. The van der Waals surface area contributed by atoms with E-state index in [9.17, 15) is 4.39 Å². The summed E-state index contributed by atoms with van der Waals surface area (Å²) in [7, 11) is 0. The van der Waals surface area contributed by atoms with E-state index in [0.29, 0.717) is 11.4 Å². The van der Waals surface area contributed by atoms with Crippen LogP contribution < -0.4 is 5.32 Å². The zero-order chi connectivity index (χ0) is 12.3. The number of benzene rings is 1. The minimum absolute atomic E-state index is 0.286. The van der Waals surface area contributed by atoms with E-state index >= 15 is 0 Å². The van der Waals surface area contributed by atoms with E-state index in [0.717, 1.165) is 9.26 Å². The van der Waals surface area contributed by atoms with Gasteiger partial charge in [-0.3, -0.25) is 0 Å². The summed E-state index contributed by atoms with van der Waals surface area (Å²) in [6, 6.07) is 9.91. The zero-order valence-corrected chi connectivity index (χ0v) is 10.8. The lowest BCUT2D eigenvalue weighted by Gasteiger charge is -2.09. The van der Waals surface area contributed by atoms with Crippen LogP contribution in [0.3, 0.4) is 0 Å². The van der Waals surface area contributed by atoms with Crippen molar-refractivity contribution in [3.63, 3.8) is 0 Å². The number of rotatable bonds is 2. The fourth-order valence-electron chi connectivity index (χ4n) is 1.33. The van der Waals surface area contributed by atoms with E-state index < -0.39 is 0 Å². The van der Waals surface area contributed by atoms with E-state index in [1.807, 2.05) is 28.7 Å². The summed E-state index contributed by atoms with van der Waals surface area (Å²) in [5.74, 6) is -0.286. The lowest BCUT2D eigenvalue weighted by atomic mass is 10.2. The van der Waals surface area contributed by atoms with Crippen LogP contribution >= 0.6 is 22.6 Å². The number of anilines is 2. The molecule has 0 bridgehead atoms. The average Bonchev–Trinajstić information content (AvgIpc) is 2.33. The van der Waals surface area contributed by atoms with Crippen LogP contribution in [0.2, 0.25) is 0 Å². The number of halogens is 2. The molecule has 0 saturated carbocycles. The maximum atomic E-state index is 12.9. The molecule has 1 aromatic heterocycles. The molecule has 0 unspecified atom stereocenters. The number of nitrogens with zero attached hydrogens (tertiary/aromatic N) is 2. The molecule has 2 aromatic rings. The second-order valence-electron chi connectivity index (χ2n) is 3.26. The van der Waals surface area contributed by atoms with Crippen LogP contribution in [0.15, 0.2) is 36.5 Å². The highest BCUT2D eigenvalue weighted by atomic mass is 127. The van der Waals surface area contributed by atoms with Crippen molar-refractivity contribution >= 4 is 34.0 Å². The number of aromatic nitrogens is 1. The molecule has 0 atom stereocenters. The lowest BCUT2D eigenvalue weighted by molar-refractivity contribution is 0.627. The maximum absolute atomic E-state index is 12.9. The molecular formula is C12H7FIN3. The highest BCUT2D eigenvalue weighted by molar-refractivity contribution is 14.1. The predicted octanol–water partition coefficient (Wildman–Crippen LogP) is 3.44. The van der Waals surface area contributed by atoms with Crippen LogP contribution in [-0.2, 0) is 0 Å². The van der Waals surface area contributed by atoms with Gasteiger partial charge in [-0.25, -0.2) is 9.37 Å². The van der Waals surface area contributed by atoms with Gasteiger partial charge in [-0.05, 0) is 52.9 Å². The standard InChI is InChI=1S/C12H7FIN3/c13-8-3-4-10(9(14)6-8)17-11-2-1-5-16-12(11)7-15/h1-6,17H. The molecule has 3 nitrogen and oxygen atoms in total. The summed E-state index contributed by atoms with van der Waals surface area (Å²) < 4.78 is 13.7. The van der Waals surface area contributed by atoms with Gasteiger partial charge in [-0.1, -0.05) is 0 Å². The van der Waals surface area contributed by atoms with Crippen LogP contribution in [0.1, 0.15) is 5.69 Å². The number of nitrogens with one attached hydrogen (secondary N) is 1. The molecule has 1 aromatic carbocycles. The lowest BCUT2D eigenvalue weighted by Crippen LogP contribution is -1.97. The van der Waals surface area contributed by atoms with Crippen molar-refractivity contribution < 1.29 is 4.39 Å². The number of nitriles is 1. The van der Waals surface area contributed by atoms with Crippen LogP contribution in [0.5, 0.6) is 0 Å². The van der Waals surface area contributed by atoms with Crippen molar-refractivity contribution in [2.75, 3.05) is 5.32 Å². The fraction of sp³-hybridized carbons (Fsp3) is 0. The molecule has 0 aliphatic rings. The SMILES string of the molecule is N#Cc1ncccc1Nc1ccc(F)cc1I. The minimum Gasteiger partial charge on any atom is -0.352 e. The van der Waals surface area contributed by atoms with E-state index in [4.69, 9.17) is 5.26 Å². The van der Waals surface area contributed by atoms with Gasteiger partial charge in [0.25, 0.3) is 0 Å². The Balaban J connectivity index is 2.35. The monoisotopic (exact) mass is 339 g/mol. The zero-order valence-electron chi connectivity index (χ0n) is 8.61. The van der Waals surface area contributed by atoms with Gasteiger partial charge >= 0.3 is 0 Å². The molecule has 1 heterocycles. The molecule has 0 amide bonds. The Morgan fingerprint density at radius 2 is 2.12 bits per heavy atom. The van der Waals surface area contributed by atoms with Gasteiger partial charge in [0.05, 0.1) is 11.4 Å². The van der Waals surface area contributed by atoms with Crippen molar-refractivity contribution in [1.29, 1.82) is 5.26 Å². The summed E-state index contributed by atoms with van der Waals surface area (Å²) in [5, 5.41) is 12.0. The van der Waals surface area contributed by atoms with Crippen molar-refractivity contribution in [2.45, 2.75) is 0 Å². The van der Waals surface area contributed by atoms with Gasteiger partial charge in [0.15, 0.2) is 5.69 Å². The van der Waals surface area contributed by atoms with Crippen LogP contribution in [0, 0.1) is 20.7 Å². The smallest absolute Gasteiger partial charge is 0.163 e. The fourth-order valence-corrected chi connectivity index (χ4v) is 1.94. The first kappa shape index (κ1) is 11.8. The summed E-state index contributed by atoms with van der Waals surface area (Å²) in [4.78, 5) is 3.94. The van der Waals surface area contributed by atoms with Gasteiger partial charge in [-0.2, -0.15) is 5.26 Å². The normalized spacial score (nSPS) is 9.71. The molecule has 84 valence electrons. The van der Waals surface area contributed by atoms with Crippen molar-refractivity contribution in [1.82, 2.24) is 4.98 Å². The number of hydrogen-bond donors (Lipinski definition) is 1. The Hall–Kier alpha value is -1.68. The highest BCUT2D eigenvalue weighted by Gasteiger charge is 2.05. The van der Waals surface area contributed by atoms with Gasteiger partial charge in [0, 0.05) is 9.77 Å².